The predicted octanol–water partition coefficient (Wildman–Crippen LogP) is 1.82. The van der Waals surface area contributed by atoms with Crippen molar-refractivity contribution >= 4 is 11.7 Å². The smallest absolute Gasteiger partial charge is 0.257 e. The largest absolute Gasteiger partial charge is 0.368 e. The van der Waals surface area contributed by atoms with Gasteiger partial charge in [0, 0.05) is 38.4 Å². The summed E-state index contributed by atoms with van der Waals surface area (Å²) in [6, 6.07) is 1.74. The van der Waals surface area contributed by atoms with Gasteiger partial charge in [-0.1, -0.05) is 6.92 Å². The molecule has 1 N–H and O–H groups in total. The van der Waals surface area contributed by atoms with Gasteiger partial charge in [0.05, 0.1) is 5.56 Å². The molecule has 21 heavy (non-hydrogen) atoms. The molecule has 0 aliphatic carbocycles. The number of pyridine rings is 1. The summed E-state index contributed by atoms with van der Waals surface area (Å²) in [6.45, 7) is 6.74. The summed E-state index contributed by atoms with van der Waals surface area (Å²) in [7, 11) is 2.03. The second kappa shape index (κ2) is 6.85. The number of piperazine rings is 1. The molecule has 1 aromatic heterocycles. The van der Waals surface area contributed by atoms with E-state index in [0.717, 1.165) is 13.0 Å². The zero-order chi connectivity index (χ0) is 15.4. The lowest BCUT2D eigenvalue weighted by atomic mass is 10.1. The number of carbonyl (C=O) groups excluding carboxylic acids is 1. The van der Waals surface area contributed by atoms with Gasteiger partial charge in [-0.05, 0) is 26.5 Å². The maximum absolute atomic E-state index is 14.4. The quantitative estimate of drug-likeness (QED) is 0.920. The summed E-state index contributed by atoms with van der Waals surface area (Å²) >= 11 is 0. The van der Waals surface area contributed by atoms with Crippen LogP contribution in [0, 0.1) is 5.82 Å². The molecule has 1 amide bonds. The second-order valence-corrected chi connectivity index (χ2v) is 5.53. The Balaban J connectivity index is 2.15. The minimum Gasteiger partial charge on any atom is -0.368 e. The molecule has 1 unspecified atom stereocenters. The molecule has 0 spiro atoms. The van der Waals surface area contributed by atoms with Crippen LogP contribution >= 0.6 is 0 Å². The molecule has 116 valence electrons. The van der Waals surface area contributed by atoms with Crippen LogP contribution < -0.4 is 5.32 Å². The van der Waals surface area contributed by atoms with Crippen molar-refractivity contribution in [1.29, 1.82) is 0 Å². The van der Waals surface area contributed by atoms with Crippen LogP contribution in [0.5, 0.6) is 0 Å². The van der Waals surface area contributed by atoms with Crippen LogP contribution in [0.2, 0.25) is 0 Å². The van der Waals surface area contributed by atoms with Crippen LogP contribution in [0.15, 0.2) is 12.3 Å². The predicted molar refractivity (Wildman–Crippen MR) is 81.0 cm³/mol. The van der Waals surface area contributed by atoms with Gasteiger partial charge in [-0.25, -0.2) is 9.37 Å². The first-order valence-electron chi connectivity index (χ1n) is 7.42. The Labute approximate surface area is 125 Å². The fraction of sp³-hybridized carbons (Fsp3) is 0.600. The number of hydrogen-bond acceptors (Lipinski definition) is 4. The zero-order valence-corrected chi connectivity index (χ0v) is 12.9. The molecule has 5 nitrogen and oxygen atoms in total. The summed E-state index contributed by atoms with van der Waals surface area (Å²) in [5.74, 6) is -0.651. The Morgan fingerprint density at radius 1 is 1.52 bits per heavy atom. The average molecular weight is 294 g/mol. The lowest BCUT2D eigenvalue weighted by molar-refractivity contribution is 0.0568. The highest BCUT2D eigenvalue weighted by atomic mass is 19.1. The zero-order valence-electron chi connectivity index (χ0n) is 12.9. The van der Waals surface area contributed by atoms with Crippen molar-refractivity contribution in [3.8, 4) is 0 Å². The number of hydrogen-bond donors (Lipinski definition) is 1. The molecule has 1 fully saturated rings. The number of halogens is 1. The number of aromatic nitrogens is 1. The first-order chi connectivity index (χ1) is 10.0. The number of anilines is 1. The van der Waals surface area contributed by atoms with E-state index in [2.05, 4.69) is 22.1 Å². The highest BCUT2D eigenvalue weighted by Crippen LogP contribution is 2.18. The summed E-state index contributed by atoms with van der Waals surface area (Å²) in [4.78, 5) is 20.4. The van der Waals surface area contributed by atoms with Crippen LogP contribution in [-0.2, 0) is 0 Å². The third-order valence-electron chi connectivity index (χ3n) is 3.91. The van der Waals surface area contributed by atoms with Gasteiger partial charge in [-0.15, -0.1) is 0 Å². The minimum atomic E-state index is -0.553. The van der Waals surface area contributed by atoms with Gasteiger partial charge in [0.25, 0.3) is 5.91 Å². The Morgan fingerprint density at radius 3 is 2.95 bits per heavy atom. The van der Waals surface area contributed by atoms with E-state index in [1.165, 1.54) is 12.3 Å². The molecule has 0 saturated carbocycles. The van der Waals surface area contributed by atoms with Crippen molar-refractivity contribution in [3.63, 3.8) is 0 Å². The number of likely N-dealkylation sites (N-methyl/N-ethyl adjacent to an activating group) is 1. The summed E-state index contributed by atoms with van der Waals surface area (Å²) in [5, 5.41) is 2.91. The summed E-state index contributed by atoms with van der Waals surface area (Å²) in [6.07, 6.45) is 2.35. The molecule has 2 heterocycles. The average Bonchev–Trinajstić information content (AvgIpc) is 2.48. The molecule has 6 heteroatoms. The van der Waals surface area contributed by atoms with E-state index in [0.29, 0.717) is 19.6 Å². The van der Waals surface area contributed by atoms with Gasteiger partial charge in [-0.2, -0.15) is 0 Å². The first kappa shape index (κ1) is 15.7. The van der Waals surface area contributed by atoms with Crippen LogP contribution in [0.1, 0.15) is 30.6 Å². The Kier molecular flexibility index (Phi) is 5.12. The Morgan fingerprint density at radius 2 is 2.29 bits per heavy atom. The second-order valence-electron chi connectivity index (χ2n) is 5.53. The van der Waals surface area contributed by atoms with Crippen molar-refractivity contribution in [2.75, 3.05) is 38.5 Å². The number of rotatable bonds is 4. The van der Waals surface area contributed by atoms with E-state index >= 15 is 0 Å². The van der Waals surface area contributed by atoms with E-state index in [9.17, 15) is 9.18 Å². The van der Waals surface area contributed by atoms with Gasteiger partial charge in [0.2, 0.25) is 0 Å². The van der Waals surface area contributed by atoms with Crippen molar-refractivity contribution in [1.82, 2.24) is 14.8 Å². The van der Waals surface area contributed by atoms with Gasteiger partial charge in [0.1, 0.15) is 0 Å². The fourth-order valence-corrected chi connectivity index (χ4v) is 2.38. The highest BCUT2D eigenvalue weighted by molar-refractivity contribution is 5.95. The van der Waals surface area contributed by atoms with Crippen LogP contribution in [0.25, 0.3) is 0 Å². The molecular weight excluding hydrogens is 271 g/mol. The van der Waals surface area contributed by atoms with Crippen LogP contribution in [0.3, 0.4) is 0 Å². The Hall–Kier alpha value is -1.69. The molecule has 2 rings (SSSR count). The third kappa shape index (κ3) is 3.50. The maximum atomic E-state index is 14.4. The summed E-state index contributed by atoms with van der Waals surface area (Å²) < 4.78 is 14.4. The molecule has 1 aliphatic rings. The van der Waals surface area contributed by atoms with Gasteiger partial charge < -0.3 is 15.1 Å². The molecule has 0 aromatic carbocycles. The standard InChI is InChI=1S/C15H23FN4O/c1-4-6-17-14-13(16)12(5-7-18-14)15(21)20-9-8-19(3)11(2)10-20/h5,7,11H,4,6,8-10H2,1-3H3,(H,17,18). The number of carbonyl (C=O) groups is 1. The van der Waals surface area contributed by atoms with Crippen LogP contribution in [-0.4, -0.2) is 60.0 Å². The van der Waals surface area contributed by atoms with E-state index in [1.807, 2.05) is 14.0 Å². The number of nitrogens with zero attached hydrogens (tertiary/aromatic N) is 3. The lowest BCUT2D eigenvalue weighted by Crippen LogP contribution is -2.52. The highest BCUT2D eigenvalue weighted by Gasteiger charge is 2.27. The molecule has 1 aromatic rings. The molecule has 0 radical (unpaired) electrons. The van der Waals surface area contributed by atoms with Crippen LogP contribution in [0.4, 0.5) is 10.2 Å². The van der Waals surface area contributed by atoms with E-state index in [4.69, 9.17) is 0 Å². The maximum Gasteiger partial charge on any atom is 0.257 e. The van der Waals surface area contributed by atoms with E-state index in [1.54, 1.807) is 4.90 Å². The monoisotopic (exact) mass is 294 g/mol. The van der Waals surface area contributed by atoms with Crippen molar-refractivity contribution < 1.29 is 9.18 Å². The van der Waals surface area contributed by atoms with Crippen molar-refractivity contribution in [3.05, 3.63) is 23.6 Å². The third-order valence-corrected chi connectivity index (χ3v) is 3.91. The summed E-state index contributed by atoms with van der Waals surface area (Å²) in [5.41, 5.74) is 0.0976. The fourth-order valence-electron chi connectivity index (χ4n) is 2.38. The molecule has 0 bridgehead atoms. The number of nitrogens with one attached hydrogen (secondary N) is 1. The SMILES string of the molecule is CCCNc1nccc(C(=O)N2CCN(C)C(C)C2)c1F. The molecular formula is C15H23FN4O. The van der Waals surface area contributed by atoms with Crippen molar-refractivity contribution in [2.24, 2.45) is 0 Å². The molecule has 1 atom stereocenters. The lowest BCUT2D eigenvalue weighted by Gasteiger charge is -2.37. The van der Waals surface area contributed by atoms with Gasteiger partial charge in [0.15, 0.2) is 11.6 Å². The normalized spacial score (nSPS) is 19.6. The minimum absolute atomic E-state index is 0.0976. The van der Waals surface area contributed by atoms with Crippen molar-refractivity contribution in [2.45, 2.75) is 26.3 Å². The molecule has 1 saturated heterocycles. The molecule has 1 aliphatic heterocycles. The topological polar surface area (TPSA) is 48.5 Å². The van der Waals surface area contributed by atoms with Gasteiger partial charge in [-0.3, -0.25) is 4.79 Å². The Bertz CT molecular complexity index is 508. The van der Waals surface area contributed by atoms with Gasteiger partial charge >= 0.3 is 0 Å². The number of amides is 1. The first-order valence-corrected chi connectivity index (χ1v) is 7.42. The van der Waals surface area contributed by atoms with E-state index in [-0.39, 0.29) is 23.3 Å². The van der Waals surface area contributed by atoms with E-state index < -0.39 is 5.82 Å².